The number of nitrogens with zero attached hydrogens (tertiary/aromatic N) is 2. The van der Waals surface area contributed by atoms with Gasteiger partial charge in [0.1, 0.15) is 10.2 Å². The Labute approximate surface area is 116 Å². The number of pyridine rings is 1. The Kier molecular flexibility index (Phi) is 3.53. The minimum Gasteiger partial charge on any atom is -0.478 e. The van der Waals surface area contributed by atoms with Crippen molar-refractivity contribution in [2.24, 2.45) is 0 Å². The lowest BCUT2D eigenvalue weighted by Gasteiger charge is -2.07. The maximum absolute atomic E-state index is 12.0. The summed E-state index contributed by atoms with van der Waals surface area (Å²) in [7, 11) is -4.09. The molecular formula is C9H7BrN4O4S. The third-order valence-corrected chi connectivity index (χ3v) is 4.08. The van der Waals surface area contributed by atoms with Crippen LogP contribution < -0.4 is 4.72 Å². The van der Waals surface area contributed by atoms with Gasteiger partial charge < -0.3 is 5.11 Å². The smallest absolute Gasteiger partial charge is 0.340 e. The van der Waals surface area contributed by atoms with E-state index in [1.807, 2.05) is 0 Å². The second-order valence-corrected chi connectivity index (χ2v) is 5.74. The van der Waals surface area contributed by atoms with Crippen LogP contribution in [-0.4, -0.2) is 34.7 Å². The molecule has 100 valence electrons. The molecular weight excluding hydrogens is 340 g/mol. The Balaban J connectivity index is 2.41. The van der Waals surface area contributed by atoms with Gasteiger partial charge in [-0.3, -0.25) is 9.82 Å². The molecule has 0 atom stereocenters. The Morgan fingerprint density at radius 2 is 2.21 bits per heavy atom. The number of carbonyl (C=O) groups is 1. The molecule has 0 aliphatic heterocycles. The molecule has 2 rings (SSSR count). The van der Waals surface area contributed by atoms with Gasteiger partial charge in [0.05, 0.1) is 11.9 Å². The first kappa shape index (κ1) is 13.5. The maximum Gasteiger partial charge on any atom is 0.340 e. The number of sulfonamides is 1. The van der Waals surface area contributed by atoms with Crippen LogP contribution in [-0.2, 0) is 10.0 Å². The summed E-state index contributed by atoms with van der Waals surface area (Å²) < 4.78 is 26.6. The van der Waals surface area contributed by atoms with E-state index in [0.29, 0.717) is 0 Å². The van der Waals surface area contributed by atoms with E-state index in [4.69, 9.17) is 5.11 Å². The van der Waals surface area contributed by atoms with Crippen molar-refractivity contribution in [3.05, 3.63) is 34.7 Å². The lowest BCUT2D eigenvalue weighted by molar-refractivity contribution is 0.0692. The molecule has 0 amide bonds. The fourth-order valence-corrected chi connectivity index (χ4v) is 2.93. The molecule has 8 nitrogen and oxygen atoms in total. The molecule has 0 spiro atoms. The molecule has 0 saturated heterocycles. The molecule has 0 bridgehead atoms. The number of carboxylic acid groups (broad SMARTS) is 1. The van der Waals surface area contributed by atoms with Crippen LogP contribution in [0.4, 0.5) is 5.69 Å². The van der Waals surface area contributed by atoms with Crippen LogP contribution >= 0.6 is 15.9 Å². The molecule has 0 saturated carbocycles. The Morgan fingerprint density at radius 1 is 1.47 bits per heavy atom. The van der Waals surface area contributed by atoms with Gasteiger partial charge in [-0.1, -0.05) is 0 Å². The van der Waals surface area contributed by atoms with Crippen LogP contribution in [0.2, 0.25) is 0 Å². The highest BCUT2D eigenvalue weighted by Crippen LogP contribution is 2.22. The molecule has 2 aromatic heterocycles. The summed E-state index contributed by atoms with van der Waals surface area (Å²) in [6.07, 6.45) is 2.40. The number of aromatic nitrogens is 3. The number of nitrogens with one attached hydrogen (secondary N) is 2. The van der Waals surface area contributed by atoms with E-state index < -0.39 is 26.6 Å². The number of hydrogen-bond acceptors (Lipinski definition) is 5. The van der Waals surface area contributed by atoms with Crippen molar-refractivity contribution in [3.8, 4) is 0 Å². The van der Waals surface area contributed by atoms with Crippen molar-refractivity contribution in [2.45, 2.75) is 5.03 Å². The first-order valence-corrected chi connectivity index (χ1v) is 7.09. The number of anilines is 1. The standard InChI is InChI=1S/C9H7BrN4O4S/c10-7-6(2-1-3-11-7)14-19(17,18)8-5(9(15)16)4-12-13-8/h1-4,14H,(H,12,13)(H,15,16). The number of halogens is 1. The third-order valence-electron chi connectivity index (χ3n) is 2.11. The highest BCUT2D eigenvalue weighted by atomic mass is 79.9. The van der Waals surface area contributed by atoms with Crippen LogP contribution in [0.3, 0.4) is 0 Å². The van der Waals surface area contributed by atoms with Gasteiger partial charge in [-0.25, -0.2) is 9.78 Å². The molecule has 0 aliphatic carbocycles. The van der Waals surface area contributed by atoms with Crippen molar-refractivity contribution in [3.63, 3.8) is 0 Å². The molecule has 3 N–H and O–H groups in total. The summed E-state index contributed by atoms with van der Waals surface area (Å²) in [6.45, 7) is 0. The van der Waals surface area contributed by atoms with Gasteiger partial charge in [0, 0.05) is 6.20 Å². The van der Waals surface area contributed by atoms with Crippen LogP contribution in [0.1, 0.15) is 10.4 Å². The van der Waals surface area contributed by atoms with E-state index in [1.54, 1.807) is 0 Å². The van der Waals surface area contributed by atoms with Gasteiger partial charge in [0.2, 0.25) is 0 Å². The first-order chi connectivity index (χ1) is 8.92. The summed E-state index contributed by atoms with van der Waals surface area (Å²) in [6, 6.07) is 3.01. The predicted octanol–water partition coefficient (Wildman–Crippen LogP) is 1.07. The quantitative estimate of drug-likeness (QED) is 0.711. The summed E-state index contributed by atoms with van der Waals surface area (Å²) in [5, 5.41) is 13.9. The second-order valence-electron chi connectivity index (χ2n) is 3.37. The van der Waals surface area contributed by atoms with E-state index in [1.165, 1.54) is 18.3 Å². The van der Waals surface area contributed by atoms with Crippen LogP contribution in [0, 0.1) is 0 Å². The van der Waals surface area contributed by atoms with Gasteiger partial charge in [0.25, 0.3) is 10.0 Å². The van der Waals surface area contributed by atoms with Crippen LogP contribution in [0.25, 0.3) is 0 Å². The minimum absolute atomic E-state index is 0.188. The Morgan fingerprint density at radius 3 is 2.84 bits per heavy atom. The number of H-pyrrole nitrogens is 1. The number of carboxylic acids is 1. The fourth-order valence-electron chi connectivity index (χ4n) is 1.29. The van der Waals surface area contributed by atoms with E-state index in [0.717, 1.165) is 6.20 Å². The third kappa shape index (κ3) is 2.74. The van der Waals surface area contributed by atoms with Gasteiger partial charge in [-0.2, -0.15) is 13.5 Å². The Hall–Kier alpha value is -1.94. The molecule has 0 fully saturated rings. The number of rotatable bonds is 4. The monoisotopic (exact) mass is 346 g/mol. The fraction of sp³-hybridized carbons (Fsp3) is 0. The zero-order chi connectivity index (χ0) is 14.0. The molecule has 0 unspecified atom stereocenters. The van der Waals surface area contributed by atoms with E-state index in [2.05, 4.69) is 35.8 Å². The van der Waals surface area contributed by atoms with Gasteiger partial charge in [0.15, 0.2) is 5.03 Å². The molecule has 2 heterocycles. The van der Waals surface area contributed by atoms with E-state index >= 15 is 0 Å². The normalized spacial score (nSPS) is 11.2. The molecule has 2 aromatic rings. The van der Waals surface area contributed by atoms with Crippen LogP contribution in [0.15, 0.2) is 34.2 Å². The number of aromatic amines is 1. The highest BCUT2D eigenvalue weighted by Gasteiger charge is 2.25. The average Bonchev–Trinajstić information content (AvgIpc) is 2.82. The summed E-state index contributed by atoms with van der Waals surface area (Å²) in [5.74, 6) is -1.39. The van der Waals surface area contributed by atoms with Crippen molar-refractivity contribution < 1.29 is 18.3 Å². The first-order valence-electron chi connectivity index (χ1n) is 4.82. The maximum atomic E-state index is 12.0. The zero-order valence-corrected chi connectivity index (χ0v) is 11.6. The van der Waals surface area contributed by atoms with E-state index in [9.17, 15) is 13.2 Å². The lowest BCUT2D eigenvalue weighted by atomic mass is 10.4. The zero-order valence-electron chi connectivity index (χ0n) is 9.16. The number of aromatic carboxylic acids is 1. The second kappa shape index (κ2) is 4.97. The largest absolute Gasteiger partial charge is 0.478 e. The topological polar surface area (TPSA) is 125 Å². The van der Waals surface area contributed by atoms with Crippen molar-refractivity contribution in [1.29, 1.82) is 0 Å². The molecule has 10 heteroatoms. The highest BCUT2D eigenvalue weighted by molar-refractivity contribution is 9.10. The summed E-state index contributed by atoms with van der Waals surface area (Å²) in [5.41, 5.74) is -0.249. The van der Waals surface area contributed by atoms with Crippen molar-refractivity contribution in [1.82, 2.24) is 15.2 Å². The Bertz CT molecular complexity index is 727. The molecule has 0 aliphatic rings. The average molecular weight is 347 g/mol. The SMILES string of the molecule is O=C(O)c1cn[nH]c1S(=O)(=O)Nc1cccnc1Br. The number of hydrogen-bond donors (Lipinski definition) is 3. The van der Waals surface area contributed by atoms with E-state index in [-0.39, 0.29) is 10.3 Å². The lowest BCUT2D eigenvalue weighted by Crippen LogP contribution is -2.17. The molecule has 0 radical (unpaired) electrons. The summed E-state index contributed by atoms with van der Waals surface area (Å²) in [4.78, 5) is 14.7. The summed E-state index contributed by atoms with van der Waals surface area (Å²) >= 11 is 3.08. The van der Waals surface area contributed by atoms with Crippen LogP contribution in [0.5, 0.6) is 0 Å². The molecule has 0 aromatic carbocycles. The molecule has 19 heavy (non-hydrogen) atoms. The van der Waals surface area contributed by atoms with Gasteiger partial charge in [-0.05, 0) is 28.1 Å². The predicted molar refractivity (Wildman–Crippen MR) is 68.3 cm³/mol. The van der Waals surface area contributed by atoms with Crippen molar-refractivity contribution >= 4 is 37.6 Å². The van der Waals surface area contributed by atoms with Gasteiger partial charge >= 0.3 is 5.97 Å². The van der Waals surface area contributed by atoms with Crippen molar-refractivity contribution in [2.75, 3.05) is 4.72 Å². The van der Waals surface area contributed by atoms with Gasteiger partial charge in [-0.15, -0.1) is 0 Å². The minimum atomic E-state index is -4.09.